The topological polar surface area (TPSA) is 98.5 Å². The average molecular weight is 338 g/mol. The molecule has 7 nitrogen and oxygen atoms in total. The van der Waals surface area contributed by atoms with Gasteiger partial charge in [0.05, 0.1) is 11.3 Å². The highest BCUT2D eigenvalue weighted by Gasteiger charge is 2.32. The van der Waals surface area contributed by atoms with Gasteiger partial charge in [-0.3, -0.25) is 19.7 Å². The van der Waals surface area contributed by atoms with Crippen molar-refractivity contribution in [2.24, 2.45) is 0 Å². The van der Waals surface area contributed by atoms with E-state index in [2.05, 4.69) is 10.5 Å². The van der Waals surface area contributed by atoms with Crippen molar-refractivity contribution in [3.8, 4) is 5.75 Å². The van der Waals surface area contributed by atoms with Crippen LogP contribution in [0.5, 0.6) is 5.75 Å². The molecule has 1 fully saturated rings. The van der Waals surface area contributed by atoms with Crippen LogP contribution in [0.2, 0.25) is 0 Å². The van der Waals surface area contributed by atoms with Crippen molar-refractivity contribution < 1.29 is 23.6 Å². The molecular weight excluding hydrogens is 324 g/mol. The number of nitrogens with zero attached hydrogens (tertiary/aromatic N) is 1. The molecule has 1 aliphatic rings. The minimum atomic E-state index is -0.518. The van der Waals surface area contributed by atoms with Crippen LogP contribution in [0, 0.1) is 0 Å². The fourth-order valence-electron chi connectivity index (χ4n) is 3.18. The predicted molar refractivity (Wildman–Crippen MR) is 88.2 cm³/mol. The number of benzene rings is 2. The van der Waals surface area contributed by atoms with Crippen molar-refractivity contribution >= 4 is 39.8 Å². The van der Waals surface area contributed by atoms with Crippen LogP contribution in [0.25, 0.3) is 21.7 Å². The van der Waals surface area contributed by atoms with E-state index < -0.39 is 5.92 Å². The van der Waals surface area contributed by atoms with Crippen molar-refractivity contribution in [3.05, 3.63) is 36.0 Å². The molecule has 4 rings (SSSR count). The number of amides is 2. The molecule has 3 aromatic rings. The van der Waals surface area contributed by atoms with E-state index in [0.29, 0.717) is 29.7 Å². The van der Waals surface area contributed by atoms with E-state index in [-0.39, 0.29) is 24.8 Å². The maximum Gasteiger partial charge on any atom is 0.235 e. The molecule has 2 amide bonds. The van der Waals surface area contributed by atoms with E-state index in [1.165, 1.54) is 0 Å². The minimum Gasteiger partial charge on any atom is -0.486 e. The number of aldehydes is 1. The number of fused-ring (bicyclic) bond motifs is 3. The molecule has 1 aliphatic heterocycles. The SMILES string of the molecule is O=CCOc1ccc2c(ccc3onc(C4CCC(=O)NC4=O)c32)c1. The van der Waals surface area contributed by atoms with Gasteiger partial charge in [-0.25, -0.2) is 0 Å². The highest BCUT2D eigenvalue weighted by Crippen LogP contribution is 2.36. The van der Waals surface area contributed by atoms with Gasteiger partial charge in [-0.05, 0) is 41.5 Å². The molecule has 1 N–H and O–H groups in total. The molecule has 2 heterocycles. The Morgan fingerprint density at radius 1 is 1.28 bits per heavy atom. The van der Waals surface area contributed by atoms with Crippen LogP contribution in [0.3, 0.4) is 0 Å². The van der Waals surface area contributed by atoms with Gasteiger partial charge in [0.25, 0.3) is 0 Å². The quantitative estimate of drug-likeness (QED) is 0.578. The normalized spacial score (nSPS) is 17.7. The van der Waals surface area contributed by atoms with Crippen LogP contribution < -0.4 is 10.1 Å². The Labute approximate surface area is 141 Å². The number of aromatic nitrogens is 1. The molecule has 1 atom stereocenters. The lowest BCUT2D eigenvalue weighted by Crippen LogP contribution is -2.39. The fraction of sp³-hybridized carbons (Fsp3) is 0.222. The Morgan fingerprint density at radius 3 is 2.96 bits per heavy atom. The molecule has 0 bridgehead atoms. The number of nitrogens with one attached hydrogen (secondary N) is 1. The molecule has 25 heavy (non-hydrogen) atoms. The zero-order chi connectivity index (χ0) is 17.4. The van der Waals surface area contributed by atoms with E-state index in [9.17, 15) is 14.4 Å². The van der Waals surface area contributed by atoms with Gasteiger partial charge in [-0.2, -0.15) is 0 Å². The van der Waals surface area contributed by atoms with E-state index in [0.717, 1.165) is 16.2 Å². The molecule has 126 valence electrons. The maximum atomic E-state index is 12.2. The first-order valence-electron chi connectivity index (χ1n) is 7.89. The lowest BCUT2D eigenvalue weighted by atomic mass is 9.91. The summed E-state index contributed by atoms with van der Waals surface area (Å²) in [4.78, 5) is 34.0. The number of piperidine rings is 1. The third kappa shape index (κ3) is 2.63. The lowest BCUT2D eigenvalue weighted by Gasteiger charge is -2.19. The van der Waals surface area contributed by atoms with Gasteiger partial charge in [0.15, 0.2) is 11.9 Å². The van der Waals surface area contributed by atoms with Gasteiger partial charge in [-0.1, -0.05) is 11.2 Å². The van der Waals surface area contributed by atoms with E-state index in [1.807, 2.05) is 18.2 Å². The summed E-state index contributed by atoms with van der Waals surface area (Å²) in [5, 5.41) is 8.95. The second kappa shape index (κ2) is 6.01. The van der Waals surface area contributed by atoms with E-state index in [4.69, 9.17) is 9.26 Å². The summed E-state index contributed by atoms with van der Waals surface area (Å²) in [6.07, 6.45) is 1.37. The van der Waals surface area contributed by atoms with Crippen LogP contribution >= 0.6 is 0 Å². The van der Waals surface area contributed by atoms with Crippen molar-refractivity contribution in [2.45, 2.75) is 18.8 Å². The van der Waals surface area contributed by atoms with E-state index in [1.54, 1.807) is 12.1 Å². The highest BCUT2D eigenvalue weighted by atomic mass is 16.5. The molecule has 2 aromatic carbocycles. The molecule has 0 radical (unpaired) electrons. The van der Waals surface area contributed by atoms with Crippen molar-refractivity contribution in [1.29, 1.82) is 0 Å². The van der Waals surface area contributed by atoms with Crippen LogP contribution in [-0.4, -0.2) is 29.9 Å². The van der Waals surface area contributed by atoms with Gasteiger partial charge in [0.2, 0.25) is 11.8 Å². The predicted octanol–water partition coefficient (Wildman–Crippen LogP) is 2.08. The van der Waals surface area contributed by atoms with Crippen LogP contribution in [-0.2, 0) is 14.4 Å². The van der Waals surface area contributed by atoms with Crippen LogP contribution in [0.1, 0.15) is 24.5 Å². The fourth-order valence-corrected chi connectivity index (χ4v) is 3.18. The van der Waals surface area contributed by atoms with Gasteiger partial charge in [-0.15, -0.1) is 0 Å². The zero-order valence-corrected chi connectivity index (χ0v) is 13.2. The maximum absolute atomic E-state index is 12.2. The summed E-state index contributed by atoms with van der Waals surface area (Å²) in [6.45, 7) is -0.0114. The van der Waals surface area contributed by atoms with Crippen molar-refractivity contribution in [1.82, 2.24) is 10.5 Å². The Kier molecular flexibility index (Phi) is 3.68. The number of ether oxygens (including phenoxy) is 1. The third-order valence-corrected chi connectivity index (χ3v) is 4.34. The largest absolute Gasteiger partial charge is 0.486 e. The summed E-state index contributed by atoms with van der Waals surface area (Å²) < 4.78 is 10.7. The minimum absolute atomic E-state index is 0.0114. The number of imide groups is 1. The number of hydrogen-bond acceptors (Lipinski definition) is 6. The average Bonchev–Trinajstić information content (AvgIpc) is 3.04. The first kappa shape index (κ1) is 15.3. The van der Waals surface area contributed by atoms with Gasteiger partial charge in [0.1, 0.15) is 18.1 Å². The number of rotatable bonds is 4. The molecule has 7 heteroatoms. The third-order valence-electron chi connectivity index (χ3n) is 4.34. The van der Waals surface area contributed by atoms with E-state index >= 15 is 0 Å². The standard InChI is InChI=1S/C18H14N2O5/c21-7-8-24-11-2-3-12-10(9-11)1-5-14-16(12)17(20-25-14)13-4-6-15(22)19-18(13)23/h1-3,5,7,9,13H,4,6,8H2,(H,19,22,23). The van der Waals surface area contributed by atoms with Gasteiger partial charge in [0, 0.05) is 6.42 Å². The van der Waals surface area contributed by atoms with Crippen molar-refractivity contribution in [2.75, 3.05) is 6.61 Å². The van der Waals surface area contributed by atoms with Crippen molar-refractivity contribution in [3.63, 3.8) is 0 Å². The van der Waals surface area contributed by atoms with Crippen LogP contribution in [0.15, 0.2) is 34.9 Å². The Hall–Kier alpha value is -3.22. The molecule has 1 aromatic heterocycles. The first-order valence-corrected chi connectivity index (χ1v) is 7.89. The monoisotopic (exact) mass is 338 g/mol. The molecule has 0 spiro atoms. The number of hydrogen-bond donors (Lipinski definition) is 1. The Bertz CT molecular complexity index is 1010. The van der Waals surface area contributed by atoms with Gasteiger partial charge >= 0.3 is 0 Å². The van der Waals surface area contributed by atoms with Gasteiger partial charge < -0.3 is 9.26 Å². The zero-order valence-electron chi connectivity index (χ0n) is 13.2. The lowest BCUT2D eigenvalue weighted by molar-refractivity contribution is -0.134. The summed E-state index contributed by atoms with van der Waals surface area (Å²) in [7, 11) is 0. The summed E-state index contributed by atoms with van der Waals surface area (Å²) >= 11 is 0. The second-order valence-corrected chi connectivity index (χ2v) is 5.87. The molecule has 0 aliphatic carbocycles. The highest BCUT2D eigenvalue weighted by molar-refractivity contribution is 6.10. The Morgan fingerprint density at radius 2 is 2.16 bits per heavy atom. The smallest absolute Gasteiger partial charge is 0.235 e. The molecular formula is C18H14N2O5. The molecule has 0 saturated carbocycles. The number of carbonyl (C=O) groups is 3. The second-order valence-electron chi connectivity index (χ2n) is 5.87. The van der Waals surface area contributed by atoms with Crippen LogP contribution in [0.4, 0.5) is 0 Å². The molecule has 1 saturated heterocycles. The summed E-state index contributed by atoms with van der Waals surface area (Å²) in [6, 6.07) is 9.07. The Balaban J connectivity index is 1.83. The summed E-state index contributed by atoms with van der Waals surface area (Å²) in [5.74, 6) is -0.557. The first-order chi connectivity index (χ1) is 12.2. The molecule has 1 unspecified atom stereocenters. The summed E-state index contributed by atoms with van der Waals surface area (Å²) in [5.41, 5.74) is 1.11. The number of carbonyl (C=O) groups excluding carboxylic acids is 3.